The second-order valence-electron chi connectivity index (χ2n) is 5.68. The fraction of sp³-hybridized carbons (Fsp3) is 0.333. The Morgan fingerprint density at radius 3 is 2.38 bits per heavy atom. The molecule has 0 bridgehead atoms. The molecule has 3 N–H and O–H groups in total. The van der Waals surface area contributed by atoms with E-state index in [0.717, 1.165) is 18.2 Å². The van der Waals surface area contributed by atoms with E-state index in [1.807, 2.05) is 0 Å². The predicted molar refractivity (Wildman–Crippen MR) is 87.0 cm³/mol. The molecule has 4 nitrogen and oxygen atoms in total. The minimum atomic E-state index is -4.43. The Labute approximate surface area is 148 Å². The highest BCUT2D eigenvalue weighted by atomic mass is 19.4. The van der Waals surface area contributed by atoms with Crippen molar-refractivity contribution in [3.8, 4) is 5.75 Å². The molecule has 0 heterocycles. The molecule has 26 heavy (non-hydrogen) atoms. The number of hydrogen-bond acceptors (Lipinski definition) is 4. The van der Waals surface area contributed by atoms with Crippen LogP contribution in [-0.2, 0) is 19.3 Å². The maximum Gasteiger partial charge on any atom is 0.416 e. The predicted octanol–water partition coefficient (Wildman–Crippen LogP) is 2.87. The lowest BCUT2D eigenvalue weighted by atomic mass is 10.1. The smallest absolute Gasteiger partial charge is 0.416 e. The van der Waals surface area contributed by atoms with Gasteiger partial charge in [-0.05, 0) is 23.8 Å². The second kappa shape index (κ2) is 8.98. The van der Waals surface area contributed by atoms with Gasteiger partial charge in [0.2, 0.25) is 0 Å². The zero-order chi connectivity index (χ0) is 19.2. The molecule has 0 atom stereocenters. The Morgan fingerprint density at radius 1 is 1.04 bits per heavy atom. The van der Waals surface area contributed by atoms with Crippen LogP contribution in [0.4, 0.5) is 17.6 Å². The topological polar surface area (TPSA) is 61.7 Å². The number of aliphatic hydroxyl groups is 2. The third-order valence-corrected chi connectivity index (χ3v) is 3.71. The van der Waals surface area contributed by atoms with Crippen molar-refractivity contribution in [1.82, 2.24) is 5.32 Å². The Kier molecular flexibility index (Phi) is 6.96. The zero-order valence-electron chi connectivity index (χ0n) is 13.8. The Bertz CT molecular complexity index is 718. The molecule has 0 amide bonds. The van der Waals surface area contributed by atoms with Gasteiger partial charge < -0.3 is 20.3 Å². The summed E-state index contributed by atoms with van der Waals surface area (Å²) in [6.07, 6.45) is -4.43. The highest BCUT2D eigenvalue weighted by Gasteiger charge is 2.30. The second-order valence-corrected chi connectivity index (χ2v) is 5.68. The van der Waals surface area contributed by atoms with Gasteiger partial charge in [-0.1, -0.05) is 18.2 Å². The van der Waals surface area contributed by atoms with Crippen LogP contribution < -0.4 is 10.1 Å². The number of nitrogens with one attached hydrogen (secondary N) is 1. The molecule has 0 fully saturated rings. The molecule has 0 spiro atoms. The van der Waals surface area contributed by atoms with E-state index in [4.69, 9.17) is 14.9 Å². The van der Waals surface area contributed by atoms with Crippen molar-refractivity contribution in [3.63, 3.8) is 0 Å². The number of rotatable bonds is 8. The molecule has 2 aromatic carbocycles. The van der Waals surface area contributed by atoms with Gasteiger partial charge in [0.25, 0.3) is 0 Å². The van der Waals surface area contributed by atoms with Crippen LogP contribution in [-0.4, -0.2) is 29.5 Å². The number of hydrogen-bond donors (Lipinski definition) is 3. The quantitative estimate of drug-likeness (QED) is 0.623. The van der Waals surface area contributed by atoms with Crippen molar-refractivity contribution in [2.24, 2.45) is 0 Å². The van der Waals surface area contributed by atoms with Gasteiger partial charge in [-0.15, -0.1) is 0 Å². The van der Waals surface area contributed by atoms with Gasteiger partial charge in [0.05, 0.1) is 24.8 Å². The van der Waals surface area contributed by atoms with Gasteiger partial charge in [0.15, 0.2) is 0 Å². The maximum absolute atomic E-state index is 14.1. The van der Waals surface area contributed by atoms with Crippen LogP contribution in [0.15, 0.2) is 42.5 Å². The van der Waals surface area contributed by atoms with E-state index in [2.05, 4.69) is 5.32 Å². The van der Waals surface area contributed by atoms with Gasteiger partial charge in [0.1, 0.15) is 18.2 Å². The first-order valence-electron chi connectivity index (χ1n) is 7.86. The monoisotopic (exact) mass is 373 g/mol. The lowest BCUT2D eigenvalue weighted by Crippen LogP contribution is -2.35. The average molecular weight is 373 g/mol. The normalized spacial score (nSPS) is 11.8. The lowest BCUT2D eigenvalue weighted by Gasteiger charge is -2.14. The fourth-order valence-corrected chi connectivity index (χ4v) is 2.21. The minimum Gasteiger partial charge on any atom is -0.489 e. The van der Waals surface area contributed by atoms with Crippen LogP contribution >= 0.6 is 0 Å². The van der Waals surface area contributed by atoms with Gasteiger partial charge >= 0.3 is 6.18 Å². The number of benzene rings is 2. The highest BCUT2D eigenvalue weighted by molar-refractivity contribution is 5.30. The van der Waals surface area contributed by atoms with Crippen molar-refractivity contribution in [2.75, 3.05) is 13.2 Å². The molecule has 2 aromatic rings. The van der Waals surface area contributed by atoms with E-state index in [9.17, 15) is 17.6 Å². The first kappa shape index (κ1) is 20.2. The van der Waals surface area contributed by atoms with E-state index < -0.39 is 23.6 Å². The van der Waals surface area contributed by atoms with Crippen LogP contribution in [0.5, 0.6) is 5.75 Å². The summed E-state index contributed by atoms with van der Waals surface area (Å²) in [7, 11) is 0. The van der Waals surface area contributed by atoms with Gasteiger partial charge in [0, 0.05) is 18.2 Å². The highest BCUT2D eigenvalue weighted by Crippen LogP contribution is 2.29. The van der Waals surface area contributed by atoms with E-state index >= 15 is 0 Å². The molecule has 0 radical (unpaired) electrons. The summed E-state index contributed by atoms with van der Waals surface area (Å²) in [6, 6.07) is 8.29. The molecule has 0 unspecified atom stereocenters. The molecule has 0 aliphatic heterocycles. The molecule has 0 saturated heterocycles. The Balaban J connectivity index is 1.97. The first-order chi connectivity index (χ1) is 12.3. The number of aliphatic hydroxyl groups excluding tert-OH is 2. The summed E-state index contributed by atoms with van der Waals surface area (Å²) in [5, 5.41) is 20.7. The summed E-state index contributed by atoms with van der Waals surface area (Å²) in [6.45, 7) is -0.587. The molecule has 0 aliphatic rings. The SMILES string of the molecule is OCC(CO)NCc1ccc(OCc2cccc(C(F)(F)F)c2)cc1F. The van der Waals surface area contributed by atoms with Crippen LogP contribution in [0.2, 0.25) is 0 Å². The molecule has 142 valence electrons. The van der Waals surface area contributed by atoms with Crippen molar-refractivity contribution in [2.45, 2.75) is 25.4 Å². The van der Waals surface area contributed by atoms with Crippen LogP contribution in [0.25, 0.3) is 0 Å². The molecular formula is C18H19F4NO3. The van der Waals surface area contributed by atoms with Crippen molar-refractivity contribution in [1.29, 1.82) is 0 Å². The molecule has 0 saturated carbocycles. The molecule has 8 heteroatoms. The standard InChI is InChI=1S/C18H19F4NO3/c19-17-7-16(5-4-13(17)8-23-15(9-24)10-25)26-11-12-2-1-3-14(6-12)18(20,21)22/h1-7,15,23-25H,8-11H2. The zero-order valence-corrected chi connectivity index (χ0v) is 13.8. The first-order valence-corrected chi connectivity index (χ1v) is 7.86. The molecule has 2 rings (SSSR count). The van der Waals surface area contributed by atoms with Crippen molar-refractivity contribution in [3.05, 3.63) is 65.0 Å². The fourth-order valence-electron chi connectivity index (χ4n) is 2.21. The molecule has 0 aliphatic carbocycles. The average Bonchev–Trinajstić information content (AvgIpc) is 2.61. The van der Waals surface area contributed by atoms with Crippen LogP contribution in [0.1, 0.15) is 16.7 Å². The van der Waals surface area contributed by atoms with Crippen LogP contribution in [0.3, 0.4) is 0 Å². The summed E-state index contributed by atoms with van der Waals surface area (Å²) in [5.41, 5.74) is -0.142. The van der Waals surface area contributed by atoms with E-state index in [0.29, 0.717) is 11.1 Å². The summed E-state index contributed by atoms with van der Waals surface area (Å²) >= 11 is 0. The third kappa shape index (κ3) is 5.69. The lowest BCUT2D eigenvalue weighted by molar-refractivity contribution is -0.137. The minimum absolute atomic E-state index is 0.103. The van der Waals surface area contributed by atoms with Crippen LogP contribution in [0, 0.1) is 5.82 Å². The van der Waals surface area contributed by atoms with E-state index in [1.165, 1.54) is 24.3 Å². The third-order valence-electron chi connectivity index (χ3n) is 3.71. The van der Waals surface area contributed by atoms with E-state index in [-0.39, 0.29) is 32.1 Å². The Hall–Kier alpha value is -2.16. The summed E-state index contributed by atoms with van der Waals surface area (Å²) in [4.78, 5) is 0. The summed E-state index contributed by atoms with van der Waals surface area (Å²) < 4.78 is 57.5. The summed E-state index contributed by atoms with van der Waals surface area (Å²) in [5.74, 6) is -0.377. The van der Waals surface area contributed by atoms with E-state index in [1.54, 1.807) is 0 Å². The molecule has 0 aromatic heterocycles. The maximum atomic E-state index is 14.1. The van der Waals surface area contributed by atoms with Gasteiger partial charge in [-0.2, -0.15) is 13.2 Å². The largest absolute Gasteiger partial charge is 0.489 e. The number of halogens is 4. The van der Waals surface area contributed by atoms with Gasteiger partial charge in [-0.25, -0.2) is 4.39 Å². The molecular weight excluding hydrogens is 354 g/mol. The number of alkyl halides is 3. The van der Waals surface area contributed by atoms with Crippen molar-refractivity contribution < 1.29 is 32.5 Å². The number of ether oxygens (including phenoxy) is 1. The Morgan fingerprint density at radius 2 is 1.77 bits per heavy atom. The van der Waals surface area contributed by atoms with Crippen molar-refractivity contribution >= 4 is 0 Å². The van der Waals surface area contributed by atoms with Gasteiger partial charge in [-0.3, -0.25) is 0 Å².